The van der Waals surface area contributed by atoms with Crippen LogP contribution < -0.4 is 0 Å². The molecule has 5 rings (SSSR count). The summed E-state index contributed by atoms with van der Waals surface area (Å²) in [4.78, 5) is 0. The molecule has 26 heavy (non-hydrogen) atoms. The molecule has 5 aromatic carbocycles. The first-order chi connectivity index (χ1) is 12.7. The zero-order chi connectivity index (χ0) is 17.7. The summed E-state index contributed by atoms with van der Waals surface area (Å²) in [5.74, 6) is 0. The van der Waals surface area contributed by atoms with Gasteiger partial charge in [0.2, 0.25) is 0 Å². The predicted octanol–water partition coefficient (Wildman–Crippen LogP) is 7.43. The molecule has 0 saturated heterocycles. The van der Waals surface area contributed by atoms with Gasteiger partial charge < -0.3 is 0 Å². The Kier molecular flexibility index (Phi) is 3.33. The Hall–Kier alpha value is -3.12. The Labute approximate surface area is 153 Å². The number of aryl methyl sites for hydroxylation is 2. The minimum atomic E-state index is 1.28. The van der Waals surface area contributed by atoms with E-state index in [9.17, 15) is 0 Å². The maximum atomic E-state index is 2.37. The molecule has 0 spiro atoms. The smallest absolute Gasteiger partial charge is 0.0105 e. The lowest BCUT2D eigenvalue weighted by Gasteiger charge is -2.14. The molecular formula is C26H20. The Balaban J connectivity index is 1.86. The zero-order valence-corrected chi connectivity index (χ0v) is 15.1. The van der Waals surface area contributed by atoms with Gasteiger partial charge in [-0.15, -0.1) is 0 Å². The average Bonchev–Trinajstić information content (AvgIpc) is 2.71. The van der Waals surface area contributed by atoms with Crippen LogP contribution in [0.3, 0.4) is 0 Å². The minimum absolute atomic E-state index is 1.28. The molecule has 0 aliphatic heterocycles. The summed E-state index contributed by atoms with van der Waals surface area (Å²) in [6, 6.07) is 30.9. The van der Waals surface area contributed by atoms with Crippen LogP contribution in [0.1, 0.15) is 11.1 Å². The Morgan fingerprint density at radius 1 is 0.462 bits per heavy atom. The van der Waals surface area contributed by atoms with Gasteiger partial charge in [0.05, 0.1) is 0 Å². The lowest BCUT2D eigenvalue weighted by Crippen LogP contribution is -1.89. The maximum absolute atomic E-state index is 2.37. The van der Waals surface area contributed by atoms with Gasteiger partial charge in [0, 0.05) is 0 Å². The molecule has 0 aliphatic rings. The summed E-state index contributed by atoms with van der Waals surface area (Å²) in [6.07, 6.45) is 0. The van der Waals surface area contributed by atoms with Crippen LogP contribution in [-0.2, 0) is 0 Å². The van der Waals surface area contributed by atoms with Crippen molar-refractivity contribution >= 4 is 32.3 Å². The van der Waals surface area contributed by atoms with Gasteiger partial charge in [0.1, 0.15) is 0 Å². The molecule has 0 amide bonds. The number of hydrogen-bond donors (Lipinski definition) is 0. The molecule has 0 aromatic heterocycles. The summed E-state index contributed by atoms with van der Waals surface area (Å²) in [7, 11) is 0. The van der Waals surface area contributed by atoms with Gasteiger partial charge >= 0.3 is 0 Å². The fourth-order valence-electron chi connectivity index (χ4n) is 4.25. The van der Waals surface area contributed by atoms with Gasteiger partial charge in [0.15, 0.2) is 0 Å². The van der Waals surface area contributed by atoms with Crippen LogP contribution >= 0.6 is 0 Å². The molecule has 0 radical (unpaired) electrons. The maximum Gasteiger partial charge on any atom is -0.0105 e. The number of benzene rings is 5. The molecule has 5 aromatic rings. The molecule has 0 atom stereocenters. The highest BCUT2D eigenvalue weighted by Crippen LogP contribution is 2.36. The molecule has 124 valence electrons. The molecule has 0 heteroatoms. The third kappa shape index (κ3) is 2.16. The van der Waals surface area contributed by atoms with Crippen molar-refractivity contribution in [3.8, 4) is 11.1 Å². The second kappa shape index (κ2) is 5.71. The largest absolute Gasteiger partial charge is 0.0616 e. The molecule has 0 N–H and O–H groups in total. The van der Waals surface area contributed by atoms with Gasteiger partial charge in [-0.3, -0.25) is 0 Å². The second-order valence-corrected chi connectivity index (χ2v) is 7.08. The summed E-state index contributed by atoms with van der Waals surface area (Å²) < 4.78 is 0. The first-order valence-corrected chi connectivity index (χ1v) is 9.14. The summed E-state index contributed by atoms with van der Waals surface area (Å²) in [6.45, 7) is 4.48. The normalized spacial score (nSPS) is 11.5. The van der Waals surface area contributed by atoms with Crippen molar-refractivity contribution in [1.29, 1.82) is 0 Å². The van der Waals surface area contributed by atoms with Crippen molar-refractivity contribution in [2.24, 2.45) is 0 Å². The van der Waals surface area contributed by atoms with Crippen LogP contribution in [0.4, 0.5) is 0 Å². The number of rotatable bonds is 1. The number of fused-ring (bicyclic) bond motifs is 3. The molecule has 0 fully saturated rings. The van der Waals surface area contributed by atoms with E-state index in [1.54, 1.807) is 0 Å². The van der Waals surface area contributed by atoms with Crippen molar-refractivity contribution < 1.29 is 0 Å². The molecule has 0 saturated carbocycles. The highest BCUT2D eigenvalue weighted by atomic mass is 14.1. The first kappa shape index (κ1) is 15.2. The predicted molar refractivity (Wildman–Crippen MR) is 114 cm³/mol. The van der Waals surface area contributed by atoms with Gasteiger partial charge in [-0.25, -0.2) is 0 Å². The van der Waals surface area contributed by atoms with Crippen LogP contribution in [0.15, 0.2) is 84.9 Å². The van der Waals surface area contributed by atoms with E-state index in [4.69, 9.17) is 0 Å². The molecule has 0 aliphatic carbocycles. The van der Waals surface area contributed by atoms with Crippen LogP contribution in [-0.4, -0.2) is 0 Å². The summed E-state index contributed by atoms with van der Waals surface area (Å²) in [5.41, 5.74) is 5.32. The quantitative estimate of drug-likeness (QED) is 0.280. The van der Waals surface area contributed by atoms with Crippen molar-refractivity contribution in [3.63, 3.8) is 0 Å². The number of hydrogen-bond acceptors (Lipinski definition) is 0. The highest BCUT2D eigenvalue weighted by Gasteiger charge is 2.10. The Morgan fingerprint density at radius 3 is 1.81 bits per heavy atom. The van der Waals surface area contributed by atoms with E-state index < -0.39 is 0 Å². The van der Waals surface area contributed by atoms with Crippen LogP contribution in [0.25, 0.3) is 43.4 Å². The molecule has 0 heterocycles. The molecule has 0 bridgehead atoms. The third-order valence-corrected chi connectivity index (χ3v) is 5.66. The van der Waals surface area contributed by atoms with Crippen molar-refractivity contribution in [2.75, 3.05) is 0 Å². The van der Waals surface area contributed by atoms with Crippen LogP contribution in [0.5, 0.6) is 0 Å². The van der Waals surface area contributed by atoms with Crippen molar-refractivity contribution in [3.05, 3.63) is 96.1 Å². The first-order valence-electron chi connectivity index (χ1n) is 9.14. The summed E-state index contributed by atoms with van der Waals surface area (Å²) in [5, 5.41) is 8.01. The standard InChI is InChI=1S/C26H20/c1-17-21-10-5-6-11-22(21)18(2)26-16-20(14-15-23(17)26)25-13-7-9-19-8-3-4-12-24(19)25/h3-16H,1-2H3. The van der Waals surface area contributed by atoms with Crippen molar-refractivity contribution in [1.82, 2.24) is 0 Å². The molecule has 0 nitrogen and oxygen atoms in total. The van der Waals surface area contributed by atoms with Gasteiger partial charge in [-0.05, 0) is 74.5 Å². The Morgan fingerprint density at radius 2 is 1.04 bits per heavy atom. The van der Waals surface area contributed by atoms with E-state index in [-0.39, 0.29) is 0 Å². The van der Waals surface area contributed by atoms with E-state index in [0.29, 0.717) is 0 Å². The van der Waals surface area contributed by atoms with Gasteiger partial charge in [-0.2, -0.15) is 0 Å². The third-order valence-electron chi connectivity index (χ3n) is 5.66. The van der Waals surface area contributed by atoms with E-state index in [0.717, 1.165) is 0 Å². The lowest BCUT2D eigenvalue weighted by molar-refractivity contribution is 1.52. The second-order valence-electron chi connectivity index (χ2n) is 7.08. The monoisotopic (exact) mass is 332 g/mol. The fourth-order valence-corrected chi connectivity index (χ4v) is 4.25. The minimum Gasteiger partial charge on any atom is -0.0616 e. The highest BCUT2D eigenvalue weighted by molar-refractivity contribution is 6.07. The SMILES string of the molecule is Cc1c2ccccc2c(C)c2cc(-c3cccc4ccccc34)ccc12. The topological polar surface area (TPSA) is 0 Å². The summed E-state index contributed by atoms with van der Waals surface area (Å²) >= 11 is 0. The van der Waals surface area contributed by atoms with Crippen molar-refractivity contribution in [2.45, 2.75) is 13.8 Å². The fraction of sp³-hybridized carbons (Fsp3) is 0.0769. The van der Waals surface area contributed by atoms with Crippen LogP contribution in [0, 0.1) is 13.8 Å². The van der Waals surface area contributed by atoms with E-state index in [1.807, 2.05) is 0 Å². The van der Waals surface area contributed by atoms with Crippen LogP contribution in [0.2, 0.25) is 0 Å². The average molecular weight is 332 g/mol. The molecule has 0 unspecified atom stereocenters. The molecular weight excluding hydrogens is 312 g/mol. The van der Waals surface area contributed by atoms with E-state index in [2.05, 4.69) is 98.8 Å². The van der Waals surface area contributed by atoms with E-state index in [1.165, 1.54) is 54.6 Å². The van der Waals surface area contributed by atoms with Gasteiger partial charge in [0.25, 0.3) is 0 Å². The zero-order valence-electron chi connectivity index (χ0n) is 15.1. The lowest BCUT2D eigenvalue weighted by atomic mass is 9.90. The van der Waals surface area contributed by atoms with Gasteiger partial charge in [-0.1, -0.05) is 78.9 Å². The van der Waals surface area contributed by atoms with E-state index >= 15 is 0 Å². The Bertz CT molecular complexity index is 1290.